The summed E-state index contributed by atoms with van der Waals surface area (Å²) in [5, 5.41) is 5.88. The number of hydrogen-bond donors (Lipinski definition) is 2. The number of nitrogens with zero attached hydrogens (tertiary/aromatic N) is 4. The van der Waals surface area contributed by atoms with Gasteiger partial charge in [-0.3, -0.25) is 14.8 Å². The first kappa shape index (κ1) is 34.6. The monoisotopic (exact) mass is 690 g/mol. The van der Waals surface area contributed by atoms with Crippen LogP contribution in [-0.4, -0.2) is 68.1 Å². The van der Waals surface area contributed by atoms with Gasteiger partial charge in [0.2, 0.25) is 0 Å². The molecule has 10 nitrogen and oxygen atoms in total. The van der Waals surface area contributed by atoms with Crippen molar-refractivity contribution in [2.75, 3.05) is 18.4 Å². The zero-order valence-corrected chi connectivity index (χ0v) is 31.1. The summed E-state index contributed by atoms with van der Waals surface area (Å²) in [5.41, 5.74) is 4.75. The number of benzene rings is 3. The number of aliphatic imine (C=N–C) groups is 1. The number of amidine groups is 1. The van der Waals surface area contributed by atoms with E-state index in [9.17, 15) is 9.59 Å². The molecule has 2 saturated heterocycles. The summed E-state index contributed by atoms with van der Waals surface area (Å²) in [6.07, 6.45) is 4.78. The molecular weight excluding hydrogens is 640 g/mol. The number of ether oxygens (including phenoxy) is 2. The number of likely N-dealkylation sites (tertiary alicyclic amines) is 2. The fourth-order valence-electron chi connectivity index (χ4n) is 7.47. The Hall–Kier alpha value is -4.86. The minimum Gasteiger partial charge on any atom is -0.444 e. The molecule has 3 aliphatic heterocycles. The van der Waals surface area contributed by atoms with E-state index in [0.717, 1.165) is 81.8 Å². The molecule has 10 heteroatoms. The van der Waals surface area contributed by atoms with Gasteiger partial charge in [-0.15, -0.1) is 0 Å². The van der Waals surface area contributed by atoms with Crippen molar-refractivity contribution in [1.82, 2.24) is 19.8 Å². The largest absolute Gasteiger partial charge is 0.444 e. The normalized spacial score (nSPS) is 20.2. The SMILES string of the molecule is CC(C)(C)OC(=O)N1CCCC1C1=NC(C)(C)c2ccc(-c3ccc4cc(-c5cnc(C6CCCN6C(=O)OC(C)(C)C)[nH]5)ccc4c3)cc2N1. The molecule has 2 unspecified atom stereocenters. The van der Waals surface area contributed by atoms with Crippen LogP contribution < -0.4 is 5.32 Å². The van der Waals surface area contributed by atoms with E-state index >= 15 is 0 Å². The van der Waals surface area contributed by atoms with Gasteiger partial charge in [-0.05, 0) is 121 Å². The molecule has 0 bridgehead atoms. The maximum atomic E-state index is 13.1. The third-order valence-corrected chi connectivity index (χ3v) is 9.81. The van der Waals surface area contributed by atoms with E-state index in [2.05, 4.69) is 78.7 Å². The number of rotatable bonds is 4. The van der Waals surface area contributed by atoms with E-state index in [1.165, 1.54) is 0 Å². The highest BCUT2D eigenvalue weighted by molar-refractivity contribution is 6.04. The Bertz CT molecular complexity index is 2020. The van der Waals surface area contributed by atoms with Crippen molar-refractivity contribution < 1.29 is 19.1 Å². The quantitative estimate of drug-likeness (QED) is 0.221. The number of aromatic amines is 1. The van der Waals surface area contributed by atoms with Gasteiger partial charge in [-0.25, -0.2) is 14.6 Å². The van der Waals surface area contributed by atoms with E-state index in [1.54, 1.807) is 4.90 Å². The number of H-pyrrole nitrogens is 1. The number of imidazole rings is 1. The Kier molecular flexibility index (Phi) is 8.63. The van der Waals surface area contributed by atoms with E-state index in [4.69, 9.17) is 19.5 Å². The third-order valence-electron chi connectivity index (χ3n) is 9.81. The number of aromatic nitrogens is 2. The zero-order chi connectivity index (χ0) is 36.3. The number of amides is 2. The number of anilines is 1. The van der Waals surface area contributed by atoms with Crippen molar-refractivity contribution in [2.24, 2.45) is 4.99 Å². The van der Waals surface area contributed by atoms with E-state index in [0.29, 0.717) is 13.1 Å². The Labute approximate surface area is 300 Å². The van der Waals surface area contributed by atoms with Crippen molar-refractivity contribution in [3.8, 4) is 22.4 Å². The fourth-order valence-corrected chi connectivity index (χ4v) is 7.47. The van der Waals surface area contributed by atoms with Gasteiger partial charge in [0.15, 0.2) is 0 Å². The minimum atomic E-state index is -0.557. The van der Waals surface area contributed by atoms with Gasteiger partial charge in [0, 0.05) is 29.9 Å². The van der Waals surface area contributed by atoms with Gasteiger partial charge in [-0.2, -0.15) is 0 Å². The topological polar surface area (TPSA) is 112 Å². The molecular formula is C41H50N6O4. The van der Waals surface area contributed by atoms with Crippen LogP contribution in [0.4, 0.5) is 15.3 Å². The molecule has 3 aliphatic rings. The molecule has 3 aromatic carbocycles. The lowest BCUT2D eigenvalue weighted by Gasteiger charge is -2.36. The smallest absolute Gasteiger partial charge is 0.410 e. The molecule has 2 atom stereocenters. The van der Waals surface area contributed by atoms with Gasteiger partial charge in [0.25, 0.3) is 0 Å². The lowest BCUT2D eigenvalue weighted by molar-refractivity contribution is 0.0216. The third kappa shape index (κ3) is 7.18. The first-order chi connectivity index (χ1) is 24.0. The lowest BCUT2D eigenvalue weighted by atomic mass is 9.88. The molecule has 7 rings (SSSR count). The highest BCUT2D eigenvalue weighted by Crippen LogP contribution is 2.40. The minimum absolute atomic E-state index is 0.127. The maximum absolute atomic E-state index is 13.1. The summed E-state index contributed by atoms with van der Waals surface area (Å²) < 4.78 is 11.4. The standard InChI is InChI=1S/C41H50N6O4/c1-39(2,3)50-37(48)46-19-9-11-33(46)35-42-24-32(44-35)29-16-15-25-21-26(13-14-27(25)22-29)28-17-18-30-31(23-28)43-36(45-41(30,7)8)34-12-10-20-47(34)38(49)51-40(4,5)6/h13-18,21-24,33-34H,9-12,19-20H2,1-8H3,(H,42,44)(H,43,45). The molecule has 0 aliphatic carbocycles. The Balaban J connectivity index is 1.10. The summed E-state index contributed by atoms with van der Waals surface area (Å²) >= 11 is 0. The van der Waals surface area contributed by atoms with Gasteiger partial charge in [-0.1, -0.05) is 36.4 Å². The Morgan fingerprint density at radius 2 is 1.31 bits per heavy atom. The lowest BCUT2D eigenvalue weighted by Crippen LogP contribution is -2.47. The number of hydrogen-bond acceptors (Lipinski definition) is 7. The Morgan fingerprint density at radius 1 is 0.765 bits per heavy atom. The molecule has 0 spiro atoms. The van der Waals surface area contributed by atoms with Crippen LogP contribution in [0.25, 0.3) is 33.2 Å². The zero-order valence-electron chi connectivity index (χ0n) is 31.1. The first-order valence-corrected chi connectivity index (χ1v) is 18.1. The van der Waals surface area contributed by atoms with E-state index < -0.39 is 16.7 Å². The molecule has 2 fully saturated rings. The van der Waals surface area contributed by atoms with E-state index in [1.807, 2.05) is 52.6 Å². The second-order valence-corrected chi connectivity index (χ2v) is 16.6. The number of fused-ring (bicyclic) bond motifs is 2. The molecule has 2 amide bonds. The predicted molar refractivity (Wildman–Crippen MR) is 202 cm³/mol. The van der Waals surface area contributed by atoms with Crippen LogP contribution in [0.1, 0.15) is 98.5 Å². The Morgan fingerprint density at radius 3 is 1.96 bits per heavy atom. The summed E-state index contributed by atoms with van der Waals surface area (Å²) in [5.74, 6) is 1.60. The number of carbonyl (C=O) groups is 2. The second kappa shape index (κ2) is 12.7. The van der Waals surface area contributed by atoms with Crippen LogP contribution in [-0.2, 0) is 15.0 Å². The first-order valence-electron chi connectivity index (χ1n) is 18.1. The van der Waals surface area contributed by atoms with Gasteiger partial charge in [0.05, 0.1) is 29.5 Å². The van der Waals surface area contributed by atoms with Crippen LogP contribution in [0.15, 0.2) is 65.8 Å². The van der Waals surface area contributed by atoms with Crippen molar-refractivity contribution in [2.45, 2.75) is 110 Å². The highest BCUT2D eigenvalue weighted by atomic mass is 16.6. The predicted octanol–water partition coefficient (Wildman–Crippen LogP) is 9.43. The highest BCUT2D eigenvalue weighted by Gasteiger charge is 2.39. The van der Waals surface area contributed by atoms with Crippen molar-refractivity contribution >= 4 is 34.5 Å². The molecule has 51 heavy (non-hydrogen) atoms. The van der Waals surface area contributed by atoms with Crippen LogP contribution in [0.3, 0.4) is 0 Å². The molecule has 1 aromatic heterocycles. The van der Waals surface area contributed by atoms with E-state index in [-0.39, 0.29) is 24.3 Å². The summed E-state index contributed by atoms with van der Waals surface area (Å²) in [4.78, 5) is 42.9. The second-order valence-electron chi connectivity index (χ2n) is 16.6. The molecule has 268 valence electrons. The van der Waals surface area contributed by atoms with Crippen LogP contribution in [0.2, 0.25) is 0 Å². The molecule has 0 saturated carbocycles. The number of nitrogens with one attached hydrogen (secondary N) is 2. The fraction of sp³-hybridized carbons (Fsp3) is 0.463. The summed E-state index contributed by atoms with van der Waals surface area (Å²) in [6, 6.07) is 19.2. The number of carbonyl (C=O) groups excluding carboxylic acids is 2. The van der Waals surface area contributed by atoms with Crippen molar-refractivity contribution in [1.29, 1.82) is 0 Å². The van der Waals surface area contributed by atoms with Crippen LogP contribution >= 0.6 is 0 Å². The summed E-state index contributed by atoms with van der Waals surface area (Å²) in [7, 11) is 0. The molecule has 4 heterocycles. The van der Waals surface area contributed by atoms with Gasteiger partial charge >= 0.3 is 12.2 Å². The van der Waals surface area contributed by atoms with Gasteiger partial charge in [0.1, 0.15) is 22.9 Å². The summed E-state index contributed by atoms with van der Waals surface area (Å²) in [6.45, 7) is 16.9. The maximum Gasteiger partial charge on any atom is 0.410 e. The molecule has 2 N–H and O–H groups in total. The average molecular weight is 691 g/mol. The van der Waals surface area contributed by atoms with Crippen LogP contribution in [0, 0.1) is 0 Å². The van der Waals surface area contributed by atoms with Crippen LogP contribution in [0.5, 0.6) is 0 Å². The molecule has 4 aromatic rings. The average Bonchev–Trinajstić information content (AvgIpc) is 3.83. The van der Waals surface area contributed by atoms with Gasteiger partial charge < -0.3 is 19.8 Å². The van der Waals surface area contributed by atoms with Crippen molar-refractivity contribution in [3.63, 3.8) is 0 Å². The van der Waals surface area contributed by atoms with Crippen molar-refractivity contribution in [3.05, 3.63) is 72.2 Å². The molecule has 0 radical (unpaired) electrons.